The first-order chi connectivity index (χ1) is 11.7. The van der Waals surface area contributed by atoms with Crippen molar-refractivity contribution in [1.82, 2.24) is 0 Å². The molecule has 2 aromatic carbocycles. The molecule has 0 fully saturated rings. The molecule has 0 heterocycles. The first-order valence-corrected chi connectivity index (χ1v) is 9.72. The van der Waals surface area contributed by atoms with Crippen molar-refractivity contribution in [2.75, 3.05) is 0 Å². The third-order valence-electron chi connectivity index (χ3n) is 4.35. The molecule has 0 amide bonds. The van der Waals surface area contributed by atoms with Crippen LogP contribution in [0.4, 0.5) is 0 Å². The van der Waals surface area contributed by atoms with Crippen LogP contribution in [0.25, 0.3) is 10.8 Å². The second kappa shape index (κ2) is 11.8. The summed E-state index contributed by atoms with van der Waals surface area (Å²) in [6.07, 6.45) is 7.07. The summed E-state index contributed by atoms with van der Waals surface area (Å²) >= 11 is 0. The first-order valence-electron chi connectivity index (χ1n) is 9.72. The number of hydrogen-bond acceptors (Lipinski definition) is 1. The van der Waals surface area contributed by atoms with Crippen molar-refractivity contribution in [2.24, 2.45) is 5.92 Å². The van der Waals surface area contributed by atoms with Gasteiger partial charge in [-0.3, -0.25) is 4.79 Å². The maximum Gasteiger partial charge on any atom is 0.133 e. The normalized spacial score (nSPS) is 11.7. The standard InChI is InChI=1S/C21H28O.C2H6/c1-3-5-9-17(16-21(22)8-4-2)14-18-12-13-19-10-6-7-11-20(19)15-18;1-2/h6-7,10-13,15,17H,3-5,8-9,14,16H2,1-2H3;1-2H3. The zero-order valence-corrected chi connectivity index (χ0v) is 16.0. The van der Waals surface area contributed by atoms with E-state index in [4.69, 9.17) is 0 Å². The van der Waals surface area contributed by atoms with Crippen molar-refractivity contribution in [3.05, 3.63) is 48.0 Å². The third-order valence-corrected chi connectivity index (χ3v) is 4.35. The molecule has 1 atom stereocenters. The molecule has 24 heavy (non-hydrogen) atoms. The maximum absolute atomic E-state index is 12.0. The van der Waals surface area contributed by atoms with E-state index in [2.05, 4.69) is 56.3 Å². The Hall–Kier alpha value is -1.63. The van der Waals surface area contributed by atoms with Gasteiger partial charge < -0.3 is 0 Å². The van der Waals surface area contributed by atoms with Crippen molar-refractivity contribution in [2.45, 2.75) is 72.6 Å². The van der Waals surface area contributed by atoms with Crippen LogP contribution in [-0.4, -0.2) is 5.78 Å². The lowest BCUT2D eigenvalue weighted by atomic mass is 9.88. The van der Waals surface area contributed by atoms with Gasteiger partial charge in [-0.25, -0.2) is 0 Å². The smallest absolute Gasteiger partial charge is 0.133 e. The van der Waals surface area contributed by atoms with Crippen LogP contribution in [-0.2, 0) is 11.2 Å². The van der Waals surface area contributed by atoms with E-state index in [1.807, 2.05) is 13.8 Å². The second-order valence-electron chi connectivity index (χ2n) is 6.39. The average molecular weight is 327 g/mol. The van der Waals surface area contributed by atoms with E-state index in [1.165, 1.54) is 35.6 Å². The molecule has 2 rings (SSSR count). The Morgan fingerprint density at radius 1 is 0.958 bits per heavy atom. The molecule has 1 nitrogen and oxygen atoms in total. The molecular formula is C23H34O. The average Bonchev–Trinajstić information content (AvgIpc) is 2.61. The number of Topliss-reactive ketones (excluding diaryl/α,β-unsaturated/α-hetero) is 1. The monoisotopic (exact) mass is 326 g/mol. The zero-order chi connectivity index (χ0) is 17.8. The topological polar surface area (TPSA) is 17.1 Å². The summed E-state index contributed by atoms with van der Waals surface area (Å²) in [5.74, 6) is 0.935. The minimum absolute atomic E-state index is 0.435. The molecule has 0 aliphatic heterocycles. The molecule has 0 saturated carbocycles. The third kappa shape index (κ3) is 6.86. The van der Waals surface area contributed by atoms with E-state index in [-0.39, 0.29) is 0 Å². The summed E-state index contributed by atoms with van der Waals surface area (Å²) in [4.78, 5) is 12.0. The molecule has 1 unspecified atom stereocenters. The number of carbonyl (C=O) groups is 1. The zero-order valence-electron chi connectivity index (χ0n) is 16.0. The summed E-state index contributed by atoms with van der Waals surface area (Å²) in [5, 5.41) is 2.59. The summed E-state index contributed by atoms with van der Waals surface area (Å²) in [7, 11) is 0. The van der Waals surface area contributed by atoms with Crippen LogP contribution in [0, 0.1) is 5.92 Å². The van der Waals surface area contributed by atoms with E-state index in [9.17, 15) is 4.79 Å². The first kappa shape index (κ1) is 20.4. The van der Waals surface area contributed by atoms with E-state index in [1.54, 1.807) is 0 Å². The number of hydrogen-bond donors (Lipinski definition) is 0. The fourth-order valence-electron chi connectivity index (χ4n) is 3.17. The number of benzene rings is 2. The molecule has 1 heteroatoms. The quantitative estimate of drug-likeness (QED) is 0.486. The summed E-state index contributed by atoms with van der Waals surface area (Å²) < 4.78 is 0. The SMILES string of the molecule is CC.CCCCC(CC(=O)CCC)Cc1ccc2ccccc2c1. The van der Waals surface area contributed by atoms with Crippen LogP contribution in [0.3, 0.4) is 0 Å². The Labute approximate surface area is 148 Å². The van der Waals surface area contributed by atoms with E-state index in [0.717, 1.165) is 25.7 Å². The van der Waals surface area contributed by atoms with Crippen molar-refractivity contribution in [3.63, 3.8) is 0 Å². The van der Waals surface area contributed by atoms with Gasteiger partial charge >= 0.3 is 0 Å². The Bertz CT molecular complexity index is 600. The fourth-order valence-corrected chi connectivity index (χ4v) is 3.17. The maximum atomic E-state index is 12.0. The van der Waals surface area contributed by atoms with Crippen LogP contribution >= 0.6 is 0 Å². The van der Waals surface area contributed by atoms with Crippen molar-refractivity contribution in [1.29, 1.82) is 0 Å². The van der Waals surface area contributed by atoms with E-state index < -0.39 is 0 Å². The molecule has 0 aliphatic carbocycles. The Kier molecular flexibility index (Phi) is 10.1. The van der Waals surface area contributed by atoms with Gasteiger partial charge in [-0.15, -0.1) is 0 Å². The highest BCUT2D eigenvalue weighted by molar-refractivity contribution is 5.83. The lowest BCUT2D eigenvalue weighted by Gasteiger charge is -2.16. The van der Waals surface area contributed by atoms with Gasteiger partial charge in [-0.05, 0) is 41.5 Å². The number of carbonyl (C=O) groups excluding carboxylic acids is 1. The predicted molar refractivity (Wildman–Crippen MR) is 107 cm³/mol. The molecule has 0 saturated heterocycles. The minimum atomic E-state index is 0.435. The van der Waals surface area contributed by atoms with Crippen LogP contribution in [0.15, 0.2) is 42.5 Å². The highest BCUT2D eigenvalue weighted by atomic mass is 16.1. The van der Waals surface area contributed by atoms with Gasteiger partial charge in [0.1, 0.15) is 5.78 Å². The van der Waals surface area contributed by atoms with Crippen LogP contribution in [0.5, 0.6) is 0 Å². The Morgan fingerprint density at radius 3 is 2.33 bits per heavy atom. The number of ketones is 1. The molecule has 132 valence electrons. The summed E-state index contributed by atoms with van der Waals surface area (Å²) in [6, 6.07) is 15.2. The molecule has 0 N–H and O–H groups in total. The summed E-state index contributed by atoms with van der Waals surface area (Å²) in [6.45, 7) is 8.31. The molecule has 2 aromatic rings. The van der Waals surface area contributed by atoms with Gasteiger partial charge in [0, 0.05) is 12.8 Å². The van der Waals surface area contributed by atoms with Crippen LogP contribution < -0.4 is 0 Å². The Morgan fingerprint density at radius 2 is 1.67 bits per heavy atom. The molecule has 0 aliphatic rings. The molecule has 0 aromatic heterocycles. The number of unbranched alkanes of at least 4 members (excludes halogenated alkanes) is 1. The Balaban J connectivity index is 0.00000139. The van der Waals surface area contributed by atoms with Crippen molar-refractivity contribution in [3.8, 4) is 0 Å². The molecule has 0 bridgehead atoms. The van der Waals surface area contributed by atoms with Gasteiger partial charge in [0.2, 0.25) is 0 Å². The van der Waals surface area contributed by atoms with Gasteiger partial charge in [-0.2, -0.15) is 0 Å². The van der Waals surface area contributed by atoms with E-state index >= 15 is 0 Å². The predicted octanol–water partition coefficient (Wildman–Crippen LogP) is 6.97. The lowest BCUT2D eigenvalue weighted by molar-refractivity contribution is -0.120. The molecular weight excluding hydrogens is 292 g/mol. The highest BCUT2D eigenvalue weighted by Gasteiger charge is 2.14. The van der Waals surface area contributed by atoms with Gasteiger partial charge in [-0.1, -0.05) is 83.0 Å². The van der Waals surface area contributed by atoms with Gasteiger partial charge in [0.05, 0.1) is 0 Å². The van der Waals surface area contributed by atoms with Crippen molar-refractivity contribution >= 4 is 16.6 Å². The van der Waals surface area contributed by atoms with Gasteiger partial charge in [0.15, 0.2) is 0 Å². The molecule has 0 spiro atoms. The van der Waals surface area contributed by atoms with Crippen LogP contribution in [0.1, 0.15) is 71.8 Å². The fraction of sp³-hybridized carbons (Fsp3) is 0.522. The second-order valence-corrected chi connectivity index (χ2v) is 6.39. The number of rotatable bonds is 9. The molecule has 0 radical (unpaired) electrons. The lowest BCUT2D eigenvalue weighted by Crippen LogP contribution is -2.11. The minimum Gasteiger partial charge on any atom is -0.300 e. The number of fused-ring (bicyclic) bond motifs is 1. The van der Waals surface area contributed by atoms with Crippen molar-refractivity contribution < 1.29 is 4.79 Å². The highest BCUT2D eigenvalue weighted by Crippen LogP contribution is 2.23. The van der Waals surface area contributed by atoms with Crippen LogP contribution in [0.2, 0.25) is 0 Å². The van der Waals surface area contributed by atoms with Gasteiger partial charge in [0.25, 0.3) is 0 Å². The van der Waals surface area contributed by atoms with E-state index in [0.29, 0.717) is 11.7 Å². The summed E-state index contributed by atoms with van der Waals surface area (Å²) in [5.41, 5.74) is 1.36. The largest absolute Gasteiger partial charge is 0.300 e.